The lowest BCUT2D eigenvalue weighted by Gasteiger charge is -2.26. The van der Waals surface area contributed by atoms with E-state index in [1.54, 1.807) is 0 Å². The van der Waals surface area contributed by atoms with E-state index in [-0.39, 0.29) is 0 Å². The van der Waals surface area contributed by atoms with E-state index in [1.807, 2.05) is 0 Å². The Balaban J connectivity index is 2.18. The Labute approximate surface area is 103 Å². The third kappa shape index (κ3) is 2.27. The van der Waals surface area contributed by atoms with Crippen molar-refractivity contribution in [3.8, 4) is 0 Å². The molecule has 90 valence electrons. The number of nitrogens with zero attached hydrogens (tertiary/aromatic N) is 2. The Hall–Kier alpha value is -0.500. The highest BCUT2D eigenvalue weighted by atomic mass is 35.5. The first kappa shape index (κ1) is 12.0. The summed E-state index contributed by atoms with van der Waals surface area (Å²) in [5, 5.41) is 4.51. The van der Waals surface area contributed by atoms with Gasteiger partial charge in [-0.25, -0.2) is 0 Å². The Kier molecular flexibility index (Phi) is 3.58. The molecule has 3 heteroatoms. The molecule has 1 saturated carbocycles. The van der Waals surface area contributed by atoms with Crippen LogP contribution in [0.4, 0.5) is 0 Å². The number of aromatic nitrogens is 2. The first-order valence-corrected chi connectivity index (χ1v) is 6.82. The molecule has 0 bridgehead atoms. The van der Waals surface area contributed by atoms with Gasteiger partial charge in [-0.15, -0.1) is 11.6 Å². The van der Waals surface area contributed by atoms with Gasteiger partial charge < -0.3 is 0 Å². The van der Waals surface area contributed by atoms with E-state index in [0.29, 0.717) is 5.41 Å². The van der Waals surface area contributed by atoms with Crippen molar-refractivity contribution in [2.75, 3.05) is 5.88 Å². The summed E-state index contributed by atoms with van der Waals surface area (Å²) in [6, 6.07) is 2.22. The van der Waals surface area contributed by atoms with Crippen LogP contribution in [0.1, 0.15) is 44.0 Å². The van der Waals surface area contributed by atoms with E-state index in [0.717, 1.165) is 24.5 Å². The molecule has 0 N–H and O–H groups in total. The van der Waals surface area contributed by atoms with Crippen LogP contribution in [0.3, 0.4) is 0 Å². The smallest absolute Gasteiger partial charge is 0.0596 e. The van der Waals surface area contributed by atoms with Gasteiger partial charge in [-0.2, -0.15) is 5.10 Å². The summed E-state index contributed by atoms with van der Waals surface area (Å²) in [5.74, 6) is 0.793. The van der Waals surface area contributed by atoms with Crippen LogP contribution >= 0.6 is 11.6 Å². The van der Waals surface area contributed by atoms with Crippen LogP contribution in [0.5, 0.6) is 0 Å². The maximum atomic E-state index is 6.19. The van der Waals surface area contributed by atoms with Crippen LogP contribution in [-0.2, 0) is 13.0 Å². The van der Waals surface area contributed by atoms with Gasteiger partial charge >= 0.3 is 0 Å². The monoisotopic (exact) mass is 240 g/mol. The van der Waals surface area contributed by atoms with Crippen LogP contribution in [0.2, 0.25) is 0 Å². The lowest BCUT2D eigenvalue weighted by molar-refractivity contribution is 0.330. The minimum Gasteiger partial charge on any atom is -0.270 e. The molecule has 2 nitrogen and oxygen atoms in total. The van der Waals surface area contributed by atoms with Crippen molar-refractivity contribution in [3.63, 3.8) is 0 Å². The molecule has 0 unspecified atom stereocenters. The number of hydrogen-bond acceptors (Lipinski definition) is 1. The highest BCUT2D eigenvalue weighted by molar-refractivity contribution is 6.18. The molecular formula is C13H21ClN2. The minimum absolute atomic E-state index is 0.348. The van der Waals surface area contributed by atoms with Gasteiger partial charge in [0.15, 0.2) is 0 Å². The molecule has 2 rings (SSSR count). The van der Waals surface area contributed by atoms with Crippen molar-refractivity contribution in [2.24, 2.45) is 5.41 Å². The summed E-state index contributed by atoms with van der Waals surface area (Å²) in [4.78, 5) is 0. The Morgan fingerprint density at radius 2 is 2.12 bits per heavy atom. The van der Waals surface area contributed by atoms with Gasteiger partial charge in [-0.1, -0.05) is 12.8 Å². The number of rotatable bonds is 4. The molecule has 1 aliphatic carbocycles. The molecule has 1 aliphatic rings. The van der Waals surface area contributed by atoms with E-state index in [9.17, 15) is 0 Å². The number of hydrogen-bond donors (Lipinski definition) is 0. The third-order valence-electron chi connectivity index (χ3n) is 3.79. The zero-order valence-electron chi connectivity index (χ0n) is 10.3. The predicted octanol–water partition coefficient (Wildman–Crippen LogP) is 3.55. The van der Waals surface area contributed by atoms with Crippen molar-refractivity contribution in [1.29, 1.82) is 0 Å². The lowest BCUT2D eigenvalue weighted by atomic mass is 9.83. The Bertz CT molecular complexity index is 351. The topological polar surface area (TPSA) is 17.8 Å². The second-order valence-electron chi connectivity index (χ2n) is 5.11. The highest BCUT2D eigenvalue weighted by Gasteiger charge is 2.34. The van der Waals surface area contributed by atoms with E-state index in [2.05, 4.69) is 29.7 Å². The van der Waals surface area contributed by atoms with E-state index < -0.39 is 0 Å². The molecule has 0 radical (unpaired) electrons. The summed E-state index contributed by atoms with van der Waals surface area (Å²) in [7, 11) is 0. The number of aryl methyl sites for hydroxylation is 2. The first-order chi connectivity index (χ1) is 7.69. The average molecular weight is 241 g/mol. The molecule has 0 aromatic carbocycles. The van der Waals surface area contributed by atoms with E-state index in [1.165, 1.54) is 31.4 Å². The fourth-order valence-corrected chi connectivity index (χ4v) is 3.24. The van der Waals surface area contributed by atoms with Crippen molar-refractivity contribution in [1.82, 2.24) is 9.78 Å². The van der Waals surface area contributed by atoms with Crippen LogP contribution in [0.25, 0.3) is 0 Å². The largest absolute Gasteiger partial charge is 0.270 e. The van der Waals surface area contributed by atoms with Gasteiger partial charge in [0.05, 0.1) is 5.69 Å². The van der Waals surface area contributed by atoms with Gasteiger partial charge in [-0.05, 0) is 44.6 Å². The summed E-state index contributed by atoms with van der Waals surface area (Å²) in [6.45, 7) is 5.18. The summed E-state index contributed by atoms with van der Waals surface area (Å²) < 4.78 is 2.13. The second-order valence-corrected chi connectivity index (χ2v) is 5.38. The fourth-order valence-electron chi connectivity index (χ4n) is 2.88. The van der Waals surface area contributed by atoms with Crippen molar-refractivity contribution in [2.45, 2.75) is 52.5 Å². The van der Waals surface area contributed by atoms with Crippen molar-refractivity contribution in [3.05, 3.63) is 17.5 Å². The summed E-state index contributed by atoms with van der Waals surface area (Å²) in [6.07, 6.45) is 6.35. The molecule has 1 aromatic heterocycles. The molecular weight excluding hydrogens is 220 g/mol. The maximum absolute atomic E-state index is 6.19. The summed E-state index contributed by atoms with van der Waals surface area (Å²) in [5.41, 5.74) is 2.84. The molecule has 0 aliphatic heterocycles. The molecule has 1 aromatic rings. The number of alkyl halides is 1. The number of halogens is 1. The second kappa shape index (κ2) is 4.79. The average Bonchev–Trinajstić information content (AvgIpc) is 2.86. The SMILES string of the molecule is CCn1nc(C)cc1CC1(CCl)CCCC1. The quantitative estimate of drug-likeness (QED) is 0.736. The molecule has 0 amide bonds. The molecule has 1 fully saturated rings. The Morgan fingerprint density at radius 1 is 1.44 bits per heavy atom. The van der Waals surface area contributed by atoms with Crippen molar-refractivity contribution < 1.29 is 0 Å². The lowest BCUT2D eigenvalue weighted by Crippen LogP contribution is -2.23. The maximum Gasteiger partial charge on any atom is 0.0596 e. The molecule has 16 heavy (non-hydrogen) atoms. The molecule has 0 saturated heterocycles. The van der Waals surface area contributed by atoms with Crippen LogP contribution < -0.4 is 0 Å². The van der Waals surface area contributed by atoms with Gasteiger partial charge in [0.2, 0.25) is 0 Å². The van der Waals surface area contributed by atoms with Gasteiger partial charge in [0.25, 0.3) is 0 Å². The van der Waals surface area contributed by atoms with Crippen molar-refractivity contribution >= 4 is 11.6 Å². The minimum atomic E-state index is 0.348. The molecule has 0 spiro atoms. The normalized spacial score (nSPS) is 19.2. The van der Waals surface area contributed by atoms with Gasteiger partial charge in [0.1, 0.15) is 0 Å². The fraction of sp³-hybridized carbons (Fsp3) is 0.769. The third-order valence-corrected chi connectivity index (χ3v) is 4.36. The molecule has 1 heterocycles. The standard InChI is InChI=1S/C13H21ClN2/c1-3-16-12(8-11(2)15-16)9-13(10-14)6-4-5-7-13/h8H,3-7,9-10H2,1-2H3. The van der Waals surface area contributed by atoms with Crippen LogP contribution in [-0.4, -0.2) is 15.7 Å². The van der Waals surface area contributed by atoms with Gasteiger partial charge in [0, 0.05) is 18.1 Å². The van der Waals surface area contributed by atoms with Crippen LogP contribution in [0.15, 0.2) is 6.07 Å². The van der Waals surface area contributed by atoms with Crippen LogP contribution in [0, 0.1) is 12.3 Å². The Morgan fingerprint density at radius 3 is 2.69 bits per heavy atom. The zero-order chi connectivity index (χ0) is 11.6. The van der Waals surface area contributed by atoms with Gasteiger partial charge in [-0.3, -0.25) is 4.68 Å². The first-order valence-electron chi connectivity index (χ1n) is 6.28. The predicted molar refractivity (Wildman–Crippen MR) is 68.0 cm³/mol. The highest BCUT2D eigenvalue weighted by Crippen LogP contribution is 2.41. The van der Waals surface area contributed by atoms with E-state index >= 15 is 0 Å². The summed E-state index contributed by atoms with van der Waals surface area (Å²) >= 11 is 6.19. The molecule has 0 atom stereocenters. The zero-order valence-corrected chi connectivity index (χ0v) is 11.1. The van der Waals surface area contributed by atoms with E-state index in [4.69, 9.17) is 11.6 Å².